The number of nitrogens with zero attached hydrogens (tertiary/aromatic N) is 2. The number of hydrogen-bond donors (Lipinski definition) is 1. The van der Waals surface area contributed by atoms with Gasteiger partial charge in [0, 0.05) is 5.56 Å². The quantitative estimate of drug-likeness (QED) is 0.646. The molecule has 0 atom stereocenters. The average molecular weight is 413 g/mol. The molecule has 0 spiro atoms. The molecule has 29 heavy (non-hydrogen) atoms. The molecule has 5 nitrogen and oxygen atoms in total. The lowest BCUT2D eigenvalue weighted by Crippen LogP contribution is -3.06. The number of thiazole rings is 1. The lowest BCUT2D eigenvalue weighted by atomic mass is 10.1. The molecule has 0 bridgehead atoms. The van der Waals surface area contributed by atoms with Crippen LogP contribution in [0, 0.1) is 13.8 Å². The van der Waals surface area contributed by atoms with Crippen LogP contribution in [-0.2, 0) is 0 Å². The number of amides is 1. The molecule has 3 rings (SSSR count). The second kappa shape index (κ2) is 8.93. The maximum absolute atomic E-state index is 13.3. The van der Waals surface area contributed by atoms with Crippen molar-refractivity contribution in [2.75, 3.05) is 32.1 Å². The summed E-state index contributed by atoms with van der Waals surface area (Å²) < 4.78 is 6.81. The molecular formula is C23H30N3O2S+. The van der Waals surface area contributed by atoms with Crippen LogP contribution in [0.15, 0.2) is 36.4 Å². The molecule has 0 unspecified atom stereocenters. The van der Waals surface area contributed by atoms with Crippen molar-refractivity contribution in [2.24, 2.45) is 0 Å². The molecule has 154 valence electrons. The Kier molecular flexibility index (Phi) is 6.55. The Labute approximate surface area is 176 Å². The molecule has 1 N–H and O–H groups in total. The van der Waals surface area contributed by atoms with Gasteiger partial charge in [0.25, 0.3) is 5.91 Å². The third kappa shape index (κ3) is 5.14. The Bertz CT molecular complexity index is 954. The normalized spacial score (nSPS) is 11.4. The highest BCUT2D eigenvalue weighted by atomic mass is 32.1. The van der Waals surface area contributed by atoms with Gasteiger partial charge in [0.15, 0.2) is 5.13 Å². The lowest BCUT2D eigenvalue weighted by Gasteiger charge is -2.21. The highest BCUT2D eigenvalue weighted by Gasteiger charge is 2.22. The van der Waals surface area contributed by atoms with Crippen molar-refractivity contribution in [3.05, 3.63) is 53.1 Å². The molecule has 0 saturated heterocycles. The van der Waals surface area contributed by atoms with E-state index in [-0.39, 0.29) is 12.0 Å². The Balaban J connectivity index is 1.93. The maximum atomic E-state index is 13.3. The summed E-state index contributed by atoms with van der Waals surface area (Å²) >= 11 is 1.57. The van der Waals surface area contributed by atoms with E-state index in [9.17, 15) is 4.79 Å². The van der Waals surface area contributed by atoms with Gasteiger partial charge in [-0.2, -0.15) is 0 Å². The molecule has 1 heterocycles. The van der Waals surface area contributed by atoms with Gasteiger partial charge in [-0.05, 0) is 75.2 Å². The summed E-state index contributed by atoms with van der Waals surface area (Å²) in [5.41, 5.74) is 4.04. The number of carbonyl (C=O) groups is 1. The highest BCUT2D eigenvalue weighted by molar-refractivity contribution is 7.22. The van der Waals surface area contributed by atoms with Crippen molar-refractivity contribution >= 4 is 32.6 Å². The fourth-order valence-electron chi connectivity index (χ4n) is 3.01. The van der Waals surface area contributed by atoms with Gasteiger partial charge in [0.1, 0.15) is 5.75 Å². The molecule has 2 aromatic carbocycles. The first-order valence-corrected chi connectivity index (χ1v) is 10.8. The molecule has 0 aliphatic heterocycles. The van der Waals surface area contributed by atoms with Crippen LogP contribution in [0.25, 0.3) is 10.2 Å². The van der Waals surface area contributed by atoms with Crippen LogP contribution < -0.4 is 14.5 Å². The predicted octanol–water partition coefficient (Wildman–Crippen LogP) is 3.49. The zero-order valence-electron chi connectivity index (χ0n) is 18.1. The minimum Gasteiger partial charge on any atom is -0.491 e. The first kappa shape index (κ1) is 21.3. The van der Waals surface area contributed by atoms with E-state index in [0.29, 0.717) is 12.1 Å². The second-order valence-electron chi connectivity index (χ2n) is 8.01. The number of quaternary nitrogens is 1. The third-order valence-corrected chi connectivity index (χ3v) is 5.82. The van der Waals surface area contributed by atoms with Crippen molar-refractivity contribution in [3.63, 3.8) is 0 Å². The predicted molar refractivity (Wildman–Crippen MR) is 121 cm³/mol. The van der Waals surface area contributed by atoms with Crippen LogP contribution in [0.3, 0.4) is 0 Å². The molecule has 0 aliphatic carbocycles. The van der Waals surface area contributed by atoms with E-state index < -0.39 is 0 Å². The number of anilines is 1. The van der Waals surface area contributed by atoms with Crippen molar-refractivity contribution < 1.29 is 14.4 Å². The molecule has 1 amide bonds. The third-order valence-electron chi connectivity index (χ3n) is 4.78. The molecule has 0 radical (unpaired) electrons. The molecule has 1 aromatic heterocycles. The molecule has 0 aliphatic rings. The fraction of sp³-hybridized carbons (Fsp3) is 0.391. The average Bonchev–Trinajstić information content (AvgIpc) is 3.04. The van der Waals surface area contributed by atoms with E-state index in [0.717, 1.165) is 27.6 Å². The summed E-state index contributed by atoms with van der Waals surface area (Å²) in [6.07, 6.45) is 0.103. The molecule has 3 aromatic rings. The van der Waals surface area contributed by atoms with Crippen LogP contribution in [0.1, 0.15) is 35.3 Å². The van der Waals surface area contributed by atoms with Crippen molar-refractivity contribution in [2.45, 2.75) is 33.8 Å². The van der Waals surface area contributed by atoms with E-state index in [1.807, 2.05) is 38.1 Å². The van der Waals surface area contributed by atoms with Crippen LogP contribution in [0.2, 0.25) is 0 Å². The summed E-state index contributed by atoms with van der Waals surface area (Å²) in [6.45, 7) is 9.62. The summed E-state index contributed by atoms with van der Waals surface area (Å²) in [5.74, 6) is 0.738. The Morgan fingerprint density at radius 3 is 2.41 bits per heavy atom. The number of benzene rings is 2. The number of aromatic nitrogens is 1. The number of hydrogen-bond acceptors (Lipinski definition) is 4. The van der Waals surface area contributed by atoms with Gasteiger partial charge in [-0.15, -0.1) is 0 Å². The number of carbonyl (C=O) groups excluding carboxylic acids is 1. The second-order valence-corrected chi connectivity index (χ2v) is 9.01. The summed E-state index contributed by atoms with van der Waals surface area (Å²) in [7, 11) is 4.18. The molecule has 0 fully saturated rings. The minimum atomic E-state index is -0.0325. The van der Waals surface area contributed by atoms with E-state index in [1.54, 1.807) is 16.2 Å². The summed E-state index contributed by atoms with van der Waals surface area (Å²) in [6, 6.07) is 11.6. The first-order chi connectivity index (χ1) is 13.7. The van der Waals surface area contributed by atoms with Gasteiger partial charge in [-0.25, -0.2) is 4.98 Å². The van der Waals surface area contributed by atoms with Crippen LogP contribution in [0.4, 0.5) is 5.13 Å². The van der Waals surface area contributed by atoms with Gasteiger partial charge in [0.2, 0.25) is 0 Å². The lowest BCUT2D eigenvalue weighted by molar-refractivity contribution is -0.856. The maximum Gasteiger partial charge on any atom is 0.260 e. The number of ether oxygens (including phenoxy) is 1. The Hall–Kier alpha value is -2.44. The van der Waals surface area contributed by atoms with Gasteiger partial charge in [-0.3, -0.25) is 9.69 Å². The Morgan fingerprint density at radius 2 is 1.79 bits per heavy atom. The van der Waals surface area contributed by atoms with Crippen molar-refractivity contribution in [1.29, 1.82) is 0 Å². The van der Waals surface area contributed by atoms with Gasteiger partial charge < -0.3 is 9.64 Å². The zero-order chi connectivity index (χ0) is 21.1. The SMILES string of the molecule is Cc1cc2nc(N(CC[NH+](C)C)C(=O)c3ccc(OC(C)C)cc3)sc2cc1C. The van der Waals surface area contributed by atoms with Crippen molar-refractivity contribution in [3.8, 4) is 5.75 Å². The Morgan fingerprint density at radius 1 is 1.14 bits per heavy atom. The van der Waals surface area contributed by atoms with E-state index in [1.165, 1.54) is 16.0 Å². The first-order valence-electron chi connectivity index (χ1n) is 10.00. The minimum absolute atomic E-state index is 0.0325. The van der Waals surface area contributed by atoms with Crippen LogP contribution in [0.5, 0.6) is 5.75 Å². The largest absolute Gasteiger partial charge is 0.491 e. The van der Waals surface area contributed by atoms with Crippen LogP contribution in [-0.4, -0.2) is 44.2 Å². The number of rotatable bonds is 7. The van der Waals surface area contributed by atoms with E-state index in [4.69, 9.17) is 9.72 Å². The molecule has 0 saturated carbocycles. The zero-order valence-corrected chi connectivity index (χ0v) is 18.9. The monoisotopic (exact) mass is 412 g/mol. The van der Waals surface area contributed by atoms with E-state index in [2.05, 4.69) is 40.1 Å². The number of nitrogens with one attached hydrogen (secondary N) is 1. The standard InChI is InChI=1S/C23H29N3O2S/c1-15(2)28-19-9-7-18(8-10-19)22(27)26(12-11-25(5)6)23-24-20-13-16(3)17(4)14-21(20)29-23/h7-10,13-15H,11-12H2,1-6H3/p+1. The summed E-state index contributed by atoms with van der Waals surface area (Å²) in [4.78, 5) is 21.2. The topological polar surface area (TPSA) is 46.9 Å². The van der Waals surface area contributed by atoms with Gasteiger partial charge in [-0.1, -0.05) is 11.3 Å². The number of aryl methyl sites for hydroxylation is 2. The van der Waals surface area contributed by atoms with Crippen molar-refractivity contribution in [1.82, 2.24) is 4.98 Å². The number of likely N-dealkylation sites (N-methyl/N-ethyl adjacent to an activating group) is 1. The smallest absolute Gasteiger partial charge is 0.260 e. The van der Waals surface area contributed by atoms with Gasteiger partial charge >= 0.3 is 0 Å². The number of fused-ring (bicyclic) bond motifs is 1. The molecule has 6 heteroatoms. The van der Waals surface area contributed by atoms with E-state index >= 15 is 0 Å². The summed E-state index contributed by atoms with van der Waals surface area (Å²) in [5, 5.41) is 0.749. The molecular weight excluding hydrogens is 382 g/mol. The van der Waals surface area contributed by atoms with Crippen LogP contribution >= 0.6 is 11.3 Å². The highest BCUT2D eigenvalue weighted by Crippen LogP contribution is 2.31. The fourth-order valence-corrected chi connectivity index (χ4v) is 4.08. The van der Waals surface area contributed by atoms with Gasteiger partial charge in [0.05, 0.1) is 43.5 Å².